The molecule has 0 saturated carbocycles. The van der Waals surface area contributed by atoms with Crippen molar-refractivity contribution in [1.82, 2.24) is 5.06 Å². The van der Waals surface area contributed by atoms with Crippen molar-refractivity contribution in [2.75, 3.05) is 0 Å². The molecule has 0 aliphatic carbocycles. The van der Waals surface area contributed by atoms with E-state index in [1.54, 1.807) is 5.32 Å². The van der Waals surface area contributed by atoms with Gasteiger partial charge in [-0.25, -0.2) is 0 Å². The number of hydrogen-bond donors (Lipinski definition) is 2. The Hall–Kier alpha value is -0.580. The Labute approximate surface area is 82.1 Å². The lowest BCUT2D eigenvalue weighted by Crippen LogP contribution is -2.98. The highest BCUT2D eigenvalue weighted by Gasteiger charge is 2.47. The quantitative estimate of drug-likeness (QED) is 0.635. The smallest absolute Gasteiger partial charge is 0.244 e. The molecule has 1 heterocycles. The van der Waals surface area contributed by atoms with Gasteiger partial charge in [0.25, 0.3) is 0 Å². The SMILES string of the molecule is CC(=O)[C@H]1[NH2+]C(C)(C)/C(=C/Cl)N1O. The first kappa shape index (κ1) is 10.5. The van der Waals surface area contributed by atoms with Gasteiger partial charge in [0.05, 0.1) is 0 Å². The van der Waals surface area contributed by atoms with E-state index in [-0.39, 0.29) is 11.3 Å². The van der Waals surface area contributed by atoms with Gasteiger partial charge in [0.2, 0.25) is 11.9 Å². The predicted octanol–water partition coefficient (Wildman–Crippen LogP) is 0.0285. The molecule has 1 aliphatic heterocycles. The van der Waals surface area contributed by atoms with Gasteiger partial charge in [-0.2, -0.15) is 5.06 Å². The van der Waals surface area contributed by atoms with E-state index in [1.165, 1.54) is 12.5 Å². The molecule has 0 spiro atoms. The van der Waals surface area contributed by atoms with E-state index >= 15 is 0 Å². The number of Topliss-reactive ketones (excluding diaryl/α,β-unsaturated/α-hetero) is 1. The average Bonchev–Trinajstić information content (AvgIpc) is 2.22. The van der Waals surface area contributed by atoms with E-state index in [9.17, 15) is 10.0 Å². The summed E-state index contributed by atoms with van der Waals surface area (Å²) in [5, 5.41) is 12.3. The van der Waals surface area contributed by atoms with Gasteiger partial charge in [0.1, 0.15) is 11.2 Å². The summed E-state index contributed by atoms with van der Waals surface area (Å²) in [5.74, 6) is -0.0934. The van der Waals surface area contributed by atoms with Gasteiger partial charge < -0.3 is 5.32 Å². The molecule has 1 fully saturated rings. The first-order valence-corrected chi connectivity index (χ1v) is 4.49. The summed E-state index contributed by atoms with van der Waals surface area (Å²) in [6, 6.07) is 0. The maximum atomic E-state index is 11.1. The monoisotopic (exact) mass is 205 g/mol. The van der Waals surface area contributed by atoms with Gasteiger partial charge >= 0.3 is 0 Å². The second-order valence-corrected chi connectivity index (χ2v) is 4.00. The normalized spacial score (nSPS) is 29.8. The van der Waals surface area contributed by atoms with Crippen LogP contribution in [0.5, 0.6) is 0 Å². The maximum Gasteiger partial charge on any atom is 0.244 e. The second kappa shape index (κ2) is 3.29. The van der Waals surface area contributed by atoms with Crippen molar-refractivity contribution < 1.29 is 15.3 Å². The largest absolute Gasteiger partial charge is 0.309 e. The van der Waals surface area contributed by atoms with Crippen LogP contribution in [0, 0.1) is 0 Å². The standard InChI is InChI=1S/C8H13ClN2O2/c1-5(12)7-10-8(2,3)6(4-9)11(7)13/h4,7,10,13H,1-3H3/p+1/b6-4-/t7-/m0/s1. The third kappa shape index (κ3) is 1.70. The Balaban J connectivity index is 2.98. The molecular formula is C8H14ClN2O2+. The molecule has 74 valence electrons. The van der Waals surface area contributed by atoms with E-state index in [0.29, 0.717) is 5.70 Å². The molecule has 0 unspecified atom stereocenters. The highest BCUT2D eigenvalue weighted by molar-refractivity contribution is 6.25. The van der Waals surface area contributed by atoms with Crippen LogP contribution in [-0.2, 0) is 4.79 Å². The van der Waals surface area contributed by atoms with Crippen LogP contribution >= 0.6 is 11.6 Å². The summed E-state index contributed by atoms with van der Waals surface area (Å²) in [7, 11) is 0. The lowest BCUT2D eigenvalue weighted by molar-refractivity contribution is -0.727. The highest BCUT2D eigenvalue weighted by Crippen LogP contribution is 2.22. The molecule has 4 nitrogen and oxygen atoms in total. The maximum absolute atomic E-state index is 11.1. The average molecular weight is 206 g/mol. The first-order valence-electron chi connectivity index (χ1n) is 4.05. The zero-order valence-electron chi connectivity index (χ0n) is 7.91. The molecule has 1 atom stereocenters. The summed E-state index contributed by atoms with van der Waals surface area (Å²) in [4.78, 5) is 11.1. The van der Waals surface area contributed by atoms with Gasteiger partial charge in [0, 0.05) is 12.5 Å². The fraction of sp³-hybridized carbons (Fsp3) is 0.625. The van der Waals surface area contributed by atoms with Crippen molar-refractivity contribution >= 4 is 17.4 Å². The molecule has 5 heteroatoms. The molecule has 1 aliphatic rings. The number of carbonyl (C=O) groups is 1. The van der Waals surface area contributed by atoms with Crippen molar-refractivity contribution in [3.8, 4) is 0 Å². The molecule has 0 radical (unpaired) electrons. The molecule has 0 bridgehead atoms. The fourth-order valence-electron chi connectivity index (χ4n) is 1.48. The topological polar surface area (TPSA) is 57.2 Å². The minimum atomic E-state index is -0.569. The van der Waals surface area contributed by atoms with Crippen molar-refractivity contribution in [2.45, 2.75) is 32.5 Å². The molecule has 1 rings (SSSR count). The lowest BCUT2D eigenvalue weighted by atomic mass is 10.0. The van der Waals surface area contributed by atoms with Crippen LogP contribution in [0.25, 0.3) is 0 Å². The lowest BCUT2D eigenvalue weighted by Gasteiger charge is -2.14. The minimum absolute atomic E-state index is 0.0934. The zero-order chi connectivity index (χ0) is 10.2. The summed E-state index contributed by atoms with van der Waals surface area (Å²) in [5.41, 5.74) is 1.50. The summed E-state index contributed by atoms with van der Waals surface area (Å²) < 4.78 is 0. The molecular weight excluding hydrogens is 192 g/mol. The van der Waals surface area contributed by atoms with Crippen LogP contribution in [0.15, 0.2) is 11.2 Å². The summed E-state index contributed by atoms with van der Waals surface area (Å²) in [6.45, 7) is 5.23. The van der Waals surface area contributed by atoms with Crippen molar-refractivity contribution in [1.29, 1.82) is 0 Å². The number of quaternary nitrogens is 1. The Kier molecular flexibility index (Phi) is 2.66. The summed E-state index contributed by atoms with van der Waals surface area (Å²) >= 11 is 5.56. The minimum Gasteiger partial charge on any atom is -0.309 e. The van der Waals surface area contributed by atoms with Gasteiger partial charge in [-0.15, -0.1) is 0 Å². The Morgan fingerprint density at radius 1 is 1.77 bits per heavy atom. The number of nitrogens with zero attached hydrogens (tertiary/aromatic N) is 1. The molecule has 0 aromatic rings. The number of hydroxylamine groups is 2. The number of ketones is 1. The number of nitrogens with two attached hydrogens (primary N) is 1. The molecule has 3 N–H and O–H groups in total. The predicted molar refractivity (Wildman–Crippen MR) is 48.0 cm³/mol. The van der Waals surface area contributed by atoms with Crippen molar-refractivity contribution in [3.05, 3.63) is 11.2 Å². The van der Waals surface area contributed by atoms with Gasteiger partial charge in [-0.05, 0) is 13.8 Å². The number of halogens is 1. The van der Waals surface area contributed by atoms with Crippen LogP contribution in [0.2, 0.25) is 0 Å². The van der Waals surface area contributed by atoms with E-state index in [1.807, 2.05) is 13.8 Å². The summed E-state index contributed by atoms with van der Waals surface area (Å²) in [6.07, 6.45) is -0.569. The molecule has 0 aromatic carbocycles. The van der Waals surface area contributed by atoms with Crippen LogP contribution in [0.3, 0.4) is 0 Å². The van der Waals surface area contributed by atoms with E-state index in [4.69, 9.17) is 11.6 Å². The van der Waals surface area contributed by atoms with E-state index in [2.05, 4.69) is 0 Å². The number of hydrogen-bond acceptors (Lipinski definition) is 3. The van der Waals surface area contributed by atoms with Crippen LogP contribution in [0.1, 0.15) is 20.8 Å². The van der Waals surface area contributed by atoms with Gasteiger partial charge in [0.15, 0.2) is 0 Å². The van der Waals surface area contributed by atoms with Crippen molar-refractivity contribution in [2.24, 2.45) is 0 Å². The zero-order valence-corrected chi connectivity index (χ0v) is 8.67. The fourth-order valence-corrected chi connectivity index (χ4v) is 1.86. The third-order valence-corrected chi connectivity index (χ3v) is 2.47. The van der Waals surface area contributed by atoms with Crippen LogP contribution in [0.4, 0.5) is 0 Å². The number of rotatable bonds is 1. The Bertz CT molecular complexity index is 263. The van der Waals surface area contributed by atoms with Gasteiger partial charge in [-0.1, -0.05) is 11.6 Å². The first-order chi connectivity index (χ1) is 5.90. The third-order valence-electron chi connectivity index (χ3n) is 2.26. The van der Waals surface area contributed by atoms with Crippen molar-refractivity contribution in [3.63, 3.8) is 0 Å². The highest BCUT2D eigenvalue weighted by atomic mass is 35.5. The second-order valence-electron chi connectivity index (χ2n) is 3.78. The van der Waals surface area contributed by atoms with E-state index in [0.717, 1.165) is 5.06 Å². The van der Waals surface area contributed by atoms with Crippen LogP contribution < -0.4 is 5.32 Å². The Morgan fingerprint density at radius 3 is 2.54 bits per heavy atom. The molecule has 13 heavy (non-hydrogen) atoms. The Morgan fingerprint density at radius 2 is 2.31 bits per heavy atom. The number of carbonyl (C=O) groups excluding carboxylic acids is 1. The molecule has 0 amide bonds. The van der Waals surface area contributed by atoms with E-state index < -0.39 is 6.17 Å². The molecule has 1 saturated heterocycles. The van der Waals surface area contributed by atoms with Crippen LogP contribution in [-0.4, -0.2) is 27.8 Å². The van der Waals surface area contributed by atoms with Gasteiger partial charge in [-0.3, -0.25) is 10.0 Å². The molecule has 0 aromatic heterocycles.